The molecule has 0 saturated carbocycles. The molecule has 1 heterocycles. The third kappa shape index (κ3) is 3.96. The molecule has 0 aliphatic carbocycles. The SMILES string of the molecule is COCCC(N)C(=O)N1CCSC(C)(C)C1. The molecule has 0 aromatic carbocycles. The number of hydrogen-bond donors (Lipinski definition) is 1. The highest BCUT2D eigenvalue weighted by molar-refractivity contribution is 8.00. The van der Waals surface area contributed by atoms with Crippen molar-refractivity contribution < 1.29 is 9.53 Å². The largest absolute Gasteiger partial charge is 0.385 e. The van der Waals surface area contributed by atoms with Crippen LogP contribution in [0.4, 0.5) is 0 Å². The highest BCUT2D eigenvalue weighted by atomic mass is 32.2. The molecule has 2 N–H and O–H groups in total. The minimum Gasteiger partial charge on any atom is -0.385 e. The molecule has 1 atom stereocenters. The molecular formula is C11H22N2O2S. The second kappa shape index (κ2) is 5.89. The first-order chi connectivity index (χ1) is 7.46. The second-order valence-corrected chi connectivity index (χ2v) is 6.56. The standard InChI is InChI=1S/C11H22N2O2S/c1-11(2)8-13(5-7-16-11)10(14)9(12)4-6-15-3/h9H,4-8,12H2,1-3H3. The first kappa shape index (κ1) is 13.8. The minimum absolute atomic E-state index is 0.0606. The fourth-order valence-corrected chi connectivity index (χ4v) is 2.92. The monoisotopic (exact) mass is 246 g/mol. The van der Waals surface area contributed by atoms with Crippen LogP contribution < -0.4 is 5.73 Å². The number of methoxy groups -OCH3 is 1. The Morgan fingerprint density at radius 1 is 1.62 bits per heavy atom. The van der Waals surface area contributed by atoms with Crippen molar-refractivity contribution in [3.8, 4) is 0 Å². The van der Waals surface area contributed by atoms with Gasteiger partial charge in [0.25, 0.3) is 0 Å². The smallest absolute Gasteiger partial charge is 0.239 e. The average molecular weight is 246 g/mol. The van der Waals surface area contributed by atoms with Gasteiger partial charge in [-0.2, -0.15) is 11.8 Å². The summed E-state index contributed by atoms with van der Waals surface area (Å²) in [6, 6.07) is -0.418. The van der Waals surface area contributed by atoms with E-state index in [1.807, 2.05) is 16.7 Å². The van der Waals surface area contributed by atoms with Gasteiger partial charge in [0.15, 0.2) is 0 Å². The number of thioether (sulfide) groups is 1. The summed E-state index contributed by atoms with van der Waals surface area (Å²) in [4.78, 5) is 13.9. The predicted molar refractivity (Wildman–Crippen MR) is 67.6 cm³/mol. The van der Waals surface area contributed by atoms with Crippen molar-refractivity contribution in [2.45, 2.75) is 31.1 Å². The fraction of sp³-hybridized carbons (Fsp3) is 0.909. The van der Waals surface area contributed by atoms with E-state index >= 15 is 0 Å². The summed E-state index contributed by atoms with van der Waals surface area (Å²) in [5.41, 5.74) is 5.84. The predicted octanol–water partition coefficient (Wildman–Crippen LogP) is 0.704. The Balaban J connectivity index is 2.46. The van der Waals surface area contributed by atoms with Gasteiger partial charge in [-0.05, 0) is 20.3 Å². The maximum absolute atomic E-state index is 12.0. The van der Waals surface area contributed by atoms with Crippen molar-refractivity contribution in [3.63, 3.8) is 0 Å². The van der Waals surface area contributed by atoms with Crippen molar-refractivity contribution in [1.82, 2.24) is 4.90 Å². The number of hydrogen-bond acceptors (Lipinski definition) is 4. The molecule has 1 amide bonds. The van der Waals surface area contributed by atoms with Gasteiger partial charge in [0.2, 0.25) is 5.91 Å². The molecule has 94 valence electrons. The Labute approximate surface area is 102 Å². The number of nitrogens with two attached hydrogens (primary N) is 1. The Kier molecular flexibility index (Phi) is 5.08. The van der Waals surface area contributed by atoms with Gasteiger partial charge in [-0.15, -0.1) is 0 Å². The quantitative estimate of drug-likeness (QED) is 0.793. The van der Waals surface area contributed by atoms with Crippen LogP contribution in [-0.2, 0) is 9.53 Å². The lowest BCUT2D eigenvalue weighted by Gasteiger charge is -2.38. The Morgan fingerprint density at radius 3 is 2.88 bits per heavy atom. The number of carbonyl (C=O) groups is 1. The summed E-state index contributed by atoms with van der Waals surface area (Å²) < 4.78 is 5.08. The zero-order chi connectivity index (χ0) is 12.2. The molecule has 1 aliphatic rings. The number of amides is 1. The summed E-state index contributed by atoms with van der Waals surface area (Å²) in [5.74, 6) is 1.06. The van der Waals surface area contributed by atoms with E-state index in [0.29, 0.717) is 13.0 Å². The highest BCUT2D eigenvalue weighted by Gasteiger charge is 2.31. The molecule has 0 aromatic heterocycles. The molecule has 1 saturated heterocycles. The number of ether oxygens (including phenoxy) is 1. The van der Waals surface area contributed by atoms with Crippen molar-refractivity contribution in [1.29, 1.82) is 0 Å². The van der Waals surface area contributed by atoms with Crippen LogP contribution in [0.25, 0.3) is 0 Å². The summed E-state index contributed by atoms with van der Waals surface area (Å²) in [6.45, 7) is 6.47. The summed E-state index contributed by atoms with van der Waals surface area (Å²) >= 11 is 1.91. The second-order valence-electron chi connectivity index (χ2n) is 4.76. The lowest BCUT2D eigenvalue weighted by Crippen LogP contribution is -2.52. The average Bonchev–Trinajstić information content (AvgIpc) is 2.23. The van der Waals surface area contributed by atoms with Gasteiger partial charge < -0.3 is 15.4 Å². The molecule has 1 rings (SSSR count). The van der Waals surface area contributed by atoms with E-state index in [4.69, 9.17) is 10.5 Å². The summed E-state index contributed by atoms with van der Waals surface area (Å²) in [7, 11) is 1.62. The van der Waals surface area contributed by atoms with E-state index in [1.165, 1.54) is 0 Å². The number of rotatable bonds is 4. The third-order valence-corrected chi connectivity index (χ3v) is 3.98. The van der Waals surface area contributed by atoms with Crippen molar-refractivity contribution >= 4 is 17.7 Å². The minimum atomic E-state index is -0.418. The van der Waals surface area contributed by atoms with E-state index in [1.54, 1.807) is 7.11 Å². The van der Waals surface area contributed by atoms with Crippen LogP contribution in [0.15, 0.2) is 0 Å². The summed E-state index contributed by atoms with van der Waals surface area (Å²) in [6.07, 6.45) is 0.597. The van der Waals surface area contributed by atoms with E-state index in [2.05, 4.69) is 13.8 Å². The van der Waals surface area contributed by atoms with Crippen LogP contribution in [0.2, 0.25) is 0 Å². The lowest BCUT2D eigenvalue weighted by atomic mass is 10.1. The van der Waals surface area contributed by atoms with Gasteiger partial charge in [-0.1, -0.05) is 0 Å². The molecule has 5 heteroatoms. The molecular weight excluding hydrogens is 224 g/mol. The number of carbonyl (C=O) groups excluding carboxylic acids is 1. The van der Waals surface area contributed by atoms with Crippen molar-refractivity contribution in [2.24, 2.45) is 5.73 Å². The molecule has 1 aliphatic heterocycles. The van der Waals surface area contributed by atoms with Crippen LogP contribution in [-0.4, -0.2) is 54.2 Å². The van der Waals surface area contributed by atoms with Gasteiger partial charge in [-0.25, -0.2) is 0 Å². The molecule has 0 bridgehead atoms. The summed E-state index contributed by atoms with van der Waals surface area (Å²) in [5, 5.41) is 0. The van der Waals surface area contributed by atoms with Crippen LogP contribution in [0, 0.1) is 0 Å². The Morgan fingerprint density at radius 2 is 2.31 bits per heavy atom. The maximum Gasteiger partial charge on any atom is 0.239 e. The lowest BCUT2D eigenvalue weighted by molar-refractivity contribution is -0.133. The van der Waals surface area contributed by atoms with E-state index < -0.39 is 6.04 Å². The zero-order valence-electron chi connectivity index (χ0n) is 10.4. The van der Waals surface area contributed by atoms with Crippen LogP contribution >= 0.6 is 11.8 Å². The third-order valence-electron chi connectivity index (χ3n) is 2.69. The Hall–Kier alpha value is -0.260. The molecule has 1 unspecified atom stereocenters. The molecule has 0 spiro atoms. The van der Waals surface area contributed by atoms with E-state index in [9.17, 15) is 4.79 Å². The first-order valence-electron chi connectivity index (χ1n) is 5.63. The Bertz CT molecular complexity index is 246. The van der Waals surface area contributed by atoms with Crippen LogP contribution in [0.3, 0.4) is 0 Å². The van der Waals surface area contributed by atoms with Gasteiger partial charge in [0, 0.05) is 37.3 Å². The molecule has 0 radical (unpaired) electrons. The van der Waals surface area contributed by atoms with Crippen LogP contribution in [0.1, 0.15) is 20.3 Å². The van der Waals surface area contributed by atoms with E-state index in [0.717, 1.165) is 18.8 Å². The molecule has 16 heavy (non-hydrogen) atoms. The van der Waals surface area contributed by atoms with Gasteiger partial charge in [0.05, 0.1) is 6.04 Å². The van der Waals surface area contributed by atoms with Gasteiger partial charge >= 0.3 is 0 Å². The topological polar surface area (TPSA) is 55.6 Å². The first-order valence-corrected chi connectivity index (χ1v) is 6.62. The van der Waals surface area contributed by atoms with Gasteiger partial charge in [0.1, 0.15) is 0 Å². The molecule has 0 aromatic rings. The molecule has 4 nitrogen and oxygen atoms in total. The normalized spacial score (nSPS) is 21.9. The zero-order valence-corrected chi connectivity index (χ0v) is 11.2. The van der Waals surface area contributed by atoms with Gasteiger partial charge in [-0.3, -0.25) is 4.79 Å². The molecule has 1 fully saturated rings. The van der Waals surface area contributed by atoms with Crippen molar-refractivity contribution in [3.05, 3.63) is 0 Å². The number of nitrogens with zero attached hydrogens (tertiary/aromatic N) is 1. The highest BCUT2D eigenvalue weighted by Crippen LogP contribution is 2.29. The van der Waals surface area contributed by atoms with E-state index in [-0.39, 0.29) is 10.7 Å². The van der Waals surface area contributed by atoms with Crippen molar-refractivity contribution in [2.75, 3.05) is 32.6 Å². The fourth-order valence-electron chi connectivity index (χ4n) is 1.81. The van der Waals surface area contributed by atoms with Crippen LogP contribution in [0.5, 0.6) is 0 Å². The maximum atomic E-state index is 12.0.